The zero-order chi connectivity index (χ0) is 17.6. The number of methoxy groups -OCH3 is 1. The predicted octanol–water partition coefficient (Wildman–Crippen LogP) is 1.72. The van der Waals surface area contributed by atoms with Crippen LogP contribution < -0.4 is 21.1 Å². The molecule has 0 saturated carbocycles. The van der Waals surface area contributed by atoms with Crippen molar-refractivity contribution in [3.05, 3.63) is 29.8 Å². The van der Waals surface area contributed by atoms with Crippen LogP contribution in [0.3, 0.4) is 0 Å². The van der Waals surface area contributed by atoms with Crippen LogP contribution in [0.15, 0.2) is 24.3 Å². The van der Waals surface area contributed by atoms with Crippen LogP contribution in [-0.4, -0.2) is 37.0 Å². The molecule has 0 aliphatic rings. The Hall–Kier alpha value is -1.79. The average Bonchev–Trinajstić information content (AvgIpc) is 2.49. The smallest absolute Gasteiger partial charge is 0.251 e. The lowest BCUT2D eigenvalue weighted by atomic mass is 10.0. The fraction of sp³-hybridized carbons (Fsp3) is 0.529. The van der Waals surface area contributed by atoms with Crippen molar-refractivity contribution >= 4 is 24.2 Å². The van der Waals surface area contributed by atoms with Crippen molar-refractivity contribution in [2.24, 2.45) is 11.7 Å². The molecule has 1 rings (SSSR count). The summed E-state index contributed by atoms with van der Waals surface area (Å²) in [5.41, 5.74) is 5.84. The van der Waals surface area contributed by atoms with Crippen molar-refractivity contribution in [3.8, 4) is 5.75 Å². The zero-order valence-corrected chi connectivity index (χ0v) is 15.7. The van der Waals surface area contributed by atoms with Crippen molar-refractivity contribution in [1.82, 2.24) is 10.6 Å². The number of ether oxygens (including phenoxy) is 1. The van der Waals surface area contributed by atoms with Gasteiger partial charge in [0, 0.05) is 17.6 Å². The van der Waals surface area contributed by atoms with Crippen LogP contribution >= 0.6 is 12.4 Å². The average molecular weight is 358 g/mol. The third kappa shape index (κ3) is 7.19. The molecule has 0 bridgehead atoms. The molecule has 6 nitrogen and oxygen atoms in total. The molecule has 4 N–H and O–H groups in total. The van der Waals surface area contributed by atoms with Crippen LogP contribution in [0.25, 0.3) is 0 Å². The second-order valence-electron chi connectivity index (χ2n) is 6.63. The van der Waals surface area contributed by atoms with Crippen LogP contribution in [0.4, 0.5) is 0 Å². The van der Waals surface area contributed by atoms with Gasteiger partial charge in [-0.25, -0.2) is 0 Å². The highest BCUT2D eigenvalue weighted by molar-refractivity contribution is 5.97. The van der Waals surface area contributed by atoms with E-state index in [0.717, 1.165) is 0 Å². The van der Waals surface area contributed by atoms with Gasteiger partial charge in [0.25, 0.3) is 5.91 Å². The van der Waals surface area contributed by atoms with E-state index in [1.165, 1.54) is 0 Å². The van der Waals surface area contributed by atoms with Gasteiger partial charge in [0.2, 0.25) is 5.91 Å². The molecule has 0 fully saturated rings. The van der Waals surface area contributed by atoms with E-state index in [0.29, 0.717) is 17.9 Å². The van der Waals surface area contributed by atoms with E-state index in [9.17, 15) is 9.59 Å². The number of carbonyl (C=O) groups is 2. The summed E-state index contributed by atoms with van der Waals surface area (Å²) < 4.78 is 5.06. The van der Waals surface area contributed by atoms with Crippen LogP contribution in [0.5, 0.6) is 5.75 Å². The molecule has 1 atom stereocenters. The zero-order valence-electron chi connectivity index (χ0n) is 14.9. The maximum atomic E-state index is 12.3. The second kappa shape index (κ2) is 9.49. The summed E-state index contributed by atoms with van der Waals surface area (Å²) in [5, 5.41) is 5.55. The third-order valence-electron chi connectivity index (χ3n) is 3.31. The first-order valence-electron chi connectivity index (χ1n) is 7.65. The minimum Gasteiger partial charge on any atom is -0.497 e. The number of halogens is 1. The third-order valence-corrected chi connectivity index (χ3v) is 3.31. The van der Waals surface area contributed by atoms with Gasteiger partial charge in [-0.1, -0.05) is 13.8 Å². The summed E-state index contributed by atoms with van der Waals surface area (Å²) in [4.78, 5) is 24.6. The Kier molecular flexibility index (Phi) is 8.78. The Labute approximate surface area is 149 Å². The number of nitrogens with one attached hydrogen (secondary N) is 2. The molecule has 0 radical (unpaired) electrons. The molecular weight excluding hydrogens is 330 g/mol. The van der Waals surface area contributed by atoms with Gasteiger partial charge >= 0.3 is 0 Å². The van der Waals surface area contributed by atoms with Crippen molar-refractivity contribution in [1.29, 1.82) is 0 Å². The van der Waals surface area contributed by atoms with E-state index >= 15 is 0 Å². The summed E-state index contributed by atoms with van der Waals surface area (Å²) >= 11 is 0. The summed E-state index contributed by atoms with van der Waals surface area (Å²) in [6, 6.07) is 6.11. The molecule has 24 heavy (non-hydrogen) atoms. The van der Waals surface area contributed by atoms with Crippen molar-refractivity contribution in [2.75, 3.05) is 13.7 Å². The molecule has 0 spiro atoms. The van der Waals surface area contributed by atoms with Crippen molar-refractivity contribution in [2.45, 2.75) is 39.3 Å². The Morgan fingerprint density at radius 1 is 1.21 bits per heavy atom. The van der Waals surface area contributed by atoms with Crippen molar-refractivity contribution < 1.29 is 14.3 Å². The summed E-state index contributed by atoms with van der Waals surface area (Å²) in [5.74, 6) is 0.0943. The standard InChI is InChI=1S/C17H27N3O3.ClH/c1-11(2)14(16(22)19-10-17(3,4)18)20-15(21)12-6-8-13(23-5)9-7-12;/h6-9,11,14H,10,18H2,1-5H3,(H,19,22)(H,20,21);1H. The molecule has 0 heterocycles. The molecule has 136 valence electrons. The Morgan fingerprint density at radius 3 is 2.17 bits per heavy atom. The monoisotopic (exact) mass is 357 g/mol. The number of nitrogens with two attached hydrogens (primary N) is 1. The highest BCUT2D eigenvalue weighted by Crippen LogP contribution is 2.12. The molecule has 2 amide bonds. The van der Waals surface area contributed by atoms with Crippen molar-refractivity contribution in [3.63, 3.8) is 0 Å². The minimum atomic E-state index is -0.619. The quantitative estimate of drug-likeness (QED) is 0.692. The molecule has 0 aromatic heterocycles. The first-order valence-corrected chi connectivity index (χ1v) is 7.65. The van der Waals surface area contributed by atoms with E-state index in [4.69, 9.17) is 10.5 Å². The fourth-order valence-corrected chi connectivity index (χ4v) is 1.93. The molecule has 1 aromatic rings. The van der Waals surface area contributed by atoms with Gasteiger partial charge < -0.3 is 21.1 Å². The number of amides is 2. The highest BCUT2D eigenvalue weighted by atomic mass is 35.5. The second-order valence-corrected chi connectivity index (χ2v) is 6.63. The van der Waals surface area contributed by atoms with Crippen LogP contribution in [0.2, 0.25) is 0 Å². The molecule has 1 aromatic carbocycles. The van der Waals surface area contributed by atoms with E-state index in [2.05, 4.69) is 10.6 Å². The van der Waals surface area contributed by atoms with Gasteiger partial charge in [-0.3, -0.25) is 9.59 Å². The molecule has 0 saturated heterocycles. The summed E-state index contributed by atoms with van der Waals surface area (Å²) in [6.07, 6.45) is 0. The fourth-order valence-electron chi connectivity index (χ4n) is 1.93. The number of hydrogen-bond acceptors (Lipinski definition) is 4. The van der Waals surface area contributed by atoms with Gasteiger partial charge in [0.15, 0.2) is 0 Å². The maximum Gasteiger partial charge on any atom is 0.251 e. The van der Waals surface area contributed by atoms with Gasteiger partial charge in [0.05, 0.1) is 7.11 Å². The number of hydrogen-bond donors (Lipinski definition) is 3. The van der Waals surface area contributed by atoms with Gasteiger partial charge in [0.1, 0.15) is 11.8 Å². The summed E-state index contributed by atoms with van der Waals surface area (Å²) in [7, 11) is 1.56. The lowest BCUT2D eigenvalue weighted by molar-refractivity contribution is -0.124. The predicted molar refractivity (Wildman–Crippen MR) is 97.6 cm³/mol. The number of benzene rings is 1. The lowest BCUT2D eigenvalue weighted by Crippen LogP contribution is -2.53. The Morgan fingerprint density at radius 2 is 1.75 bits per heavy atom. The largest absolute Gasteiger partial charge is 0.497 e. The first-order chi connectivity index (χ1) is 10.6. The van der Waals surface area contributed by atoms with E-state index in [1.807, 2.05) is 27.7 Å². The Bertz CT molecular complexity index is 539. The van der Waals surface area contributed by atoms with E-state index in [1.54, 1.807) is 31.4 Å². The van der Waals surface area contributed by atoms with Crippen LogP contribution in [-0.2, 0) is 4.79 Å². The number of rotatable bonds is 7. The molecular formula is C17H28ClN3O3. The lowest BCUT2D eigenvalue weighted by Gasteiger charge is -2.25. The maximum absolute atomic E-state index is 12.3. The van der Waals surface area contributed by atoms with Crippen LogP contribution in [0.1, 0.15) is 38.1 Å². The van der Waals surface area contributed by atoms with Crippen LogP contribution in [0, 0.1) is 5.92 Å². The highest BCUT2D eigenvalue weighted by Gasteiger charge is 2.25. The normalized spacial score (nSPS) is 12.1. The van der Waals surface area contributed by atoms with E-state index in [-0.39, 0.29) is 30.1 Å². The Balaban J connectivity index is 0.00000529. The minimum absolute atomic E-state index is 0. The summed E-state index contributed by atoms with van der Waals surface area (Å²) in [6.45, 7) is 7.76. The SMILES string of the molecule is COc1ccc(C(=O)NC(C(=O)NCC(C)(C)N)C(C)C)cc1.Cl. The molecule has 0 aliphatic carbocycles. The van der Waals surface area contributed by atoms with Gasteiger partial charge in [-0.2, -0.15) is 0 Å². The van der Waals surface area contributed by atoms with Gasteiger partial charge in [-0.15, -0.1) is 12.4 Å². The topological polar surface area (TPSA) is 93.4 Å². The molecule has 0 aliphatic heterocycles. The molecule has 7 heteroatoms. The number of carbonyl (C=O) groups excluding carboxylic acids is 2. The first kappa shape index (κ1) is 22.2. The van der Waals surface area contributed by atoms with Gasteiger partial charge in [-0.05, 0) is 44.0 Å². The molecule has 1 unspecified atom stereocenters. The van der Waals surface area contributed by atoms with E-state index < -0.39 is 11.6 Å².